The highest BCUT2D eigenvalue weighted by atomic mass is 19.1. The van der Waals surface area contributed by atoms with Crippen molar-refractivity contribution in [3.63, 3.8) is 0 Å². The molecule has 3 fully saturated rings. The van der Waals surface area contributed by atoms with Crippen LogP contribution in [-0.4, -0.2) is 114 Å². The maximum atomic E-state index is 16.1. The lowest BCUT2D eigenvalue weighted by Gasteiger charge is -2.36. The molecular formula is C56H66FN10O5+. The highest BCUT2D eigenvalue weighted by molar-refractivity contribution is 6.00. The summed E-state index contributed by atoms with van der Waals surface area (Å²) in [4.78, 5) is 74.0. The number of pyridine rings is 2. The average Bonchev–Trinajstić information content (AvgIpc) is 3.83. The molecule has 376 valence electrons. The molecule has 3 atom stereocenters. The van der Waals surface area contributed by atoms with Crippen LogP contribution in [-0.2, 0) is 23.7 Å². The number of nitrogens with zero attached hydrogens (tertiary/aromatic N) is 8. The van der Waals surface area contributed by atoms with Gasteiger partial charge in [0, 0.05) is 112 Å². The summed E-state index contributed by atoms with van der Waals surface area (Å²) in [5.41, 5.74) is 8.26. The number of benzene rings is 2. The first-order valence-electron chi connectivity index (χ1n) is 25.6. The number of carbonyl (C=O) groups is 3. The Bertz CT molecular complexity index is 3290. The molecule has 2 N–H and O–H groups in total. The molecule has 15 nitrogen and oxygen atoms in total. The standard InChI is InChI=1S/C56H65FN10O5/c1-34-25-41(28-44(57)53(34)40-16-20-64(21-17-40)36(3)48-30-43-45(15-19-59-54(43)61(48)5)66-22-18-42(58-4)29-52(66)70)50(68)27-37-7-9-38(10-8-37)33-65-24-23-63(31-35(65)2)32-39-11-12-46-49(26-39)62(6)56(72)67(46)47-13-14-51(69)60-55(47)71/h11-12,15-16,18-19,22,25-26,28-30,32,35-38,47H,7-10,13-14,17,20-21,23-24,27,31,33H2,1-6H3,(H-,58,60,69,70,71)/p+1/t35?,36-,37?,38?,47?/m0/s1. The molecule has 16 heteroatoms. The lowest BCUT2D eigenvalue weighted by Crippen LogP contribution is -2.50. The van der Waals surface area contributed by atoms with Crippen LogP contribution in [0.1, 0.15) is 110 Å². The highest BCUT2D eigenvalue weighted by Crippen LogP contribution is 2.36. The van der Waals surface area contributed by atoms with Gasteiger partial charge < -0.3 is 9.88 Å². The summed E-state index contributed by atoms with van der Waals surface area (Å²) in [5.74, 6) is -0.189. The smallest absolute Gasteiger partial charge is 0.329 e. The number of rotatable bonds is 12. The molecule has 2 saturated heterocycles. The number of ketones is 1. The van der Waals surface area contributed by atoms with Crippen molar-refractivity contribution in [3.8, 4) is 5.69 Å². The molecule has 6 aromatic rings. The Morgan fingerprint density at radius 2 is 1.74 bits per heavy atom. The summed E-state index contributed by atoms with van der Waals surface area (Å²) in [6, 6.07) is 16.4. The Labute approximate surface area is 418 Å². The van der Waals surface area contributed by atoms with Gasteiger partial charge >= 0.3 is 5.69 Å². The fourth-order valence-corrected chi connectivity index (χ4v) is 12.1. The third-order valence-electron chi connectivity index (χ3n) is 16.3. The molecule has 7 heterocycles. The zero-order chi connectivity index (χ0) is 50.5. The number of Topliss-reactive ketones (excluding diaryl/α,β-unsaturated/α-hetero) is 1. The molecule has 1 saturated carbocycles. The van der Waals surface area contributed by atoms with E-state index in [-0.39, 0.29) is 41.2 Å². The third kappa shape index (κ3) is 9.42. The lowest BCUT2D eigenvalue weighted by atomic mass is 9.78. The highest BCUT2D eigenvalue weighted by Gasteiger charge is 2.34. The molecule has 72 heavy (non-hydrogen) atoms. The van der Waals surface area contributed by atoms with Crippen molar-refractivity contribution in [3.05, 3.63) is 128 Å². The van der Waals surface area contributed by atoms with Gasteiger partial charge in [-0.2, -0.15) is 0 Å². The van der Waals surface area contributed by atoms with E-state index in [9.17, 15) is 24.0 Å². The minimum absolute atomic E-state index is 0.0198. The van der Waals surface area contributed by atoms with Crippen LogP contribution in [0.3, 0.4) is 0 Å². The molecule has 1 aliphatic carbocycles. The van der Waals surface area contributed by atoms with Crippen LogP contribution in [0.25, 0.3) is 33.3 Å². The Kier molecular flexibility index (Phi) is 13.6. The van der Waals surface area contributed by atoms with Gasteiger partial charge in [-0.15, -0.1) is 0 Å². The van der Waals surface area contributed by atoms with Crippen LogP contribution in [0.15, 0.2) is 82.7 Å². The number of anilines is 1. The van der Waals surface area contributed by atoms with E-state index >= 15 is 4.39 Å². The molecule has 2 amide bonds. The Morgan fingerprint density at radius 3 is 2.44 bits per heavy atom. The van der Waals surface area contributed by atoms with Crippen molar-refractivity contribution in [1.82, 2.24) is 38.4 Å². The fraction of sp³-hybridized carbons (Fsp3) is 0.446. The van der Waals surface area contributed by atoms with Gasteiger partial charge in [0.15, 0.2) is 25.1 Å². The van der Waals surface area contributed by atoms with Crippen molar-refractivity contribution in [2.45, 2.75) is 90.3 Å². The Balaban J connectivity index is 0.712. The monoisotopic (exact) mass is 978 g/mol. The van der Waals surface area contributed by atoms with Crippen LogP contribution in [0.2, 0.25) is 0 Å². The number of piperazine rings is 1. The van der Waals surface area contributed by atoms with E-state index in [0.29, 0.717) is 60.3 Å². The normalized spacial score (nSPS) is 22.4. The topological polar surface area (TPSA) is 152 Å². The SMILES string of the molecule is CNc1ccn(-c2ccnc3c2cc([C@H](C)N2CC=C(c4c(C)cc(C(=O)CC5CCC(CN6CC[N+](=Cc7ccc8c(c7)n(C)c(=O)n8C7CCC(=O)NC7=O)CC6C)CC5)cc4F)CC2)n3C)c(=O)c1. The van der Waals surface area contributed by atoms with Gasteiger partial charge in [-0.05, 0) is 131 Å². The van der Waals surface area contributed by atoms with Crippen molar-refractivity contribution in [2.24, 2.45) is 25.9 Å². The Morgan fingerprint density at radius 1 is 0.944 bits per heavy atom. The second-order valence-corrected chi connectivity index (χ2v) is 20.8. The molecule has 4 aliphatic rings. The summed E-state index contributed by atoms with van der Waals surface area (Å²) in [5, 5.41) is 6.30. The zero-order valence-electron chi connectivity index (χ0n) is 42.3. The van der Waals surface area contributed by atoms with Gasteiger partial charge in [-0.1, -0.05) is 6.08 Å². The van der Waals surface area contributed by atoms with Gasteiger partial charge in [0.2, 0.25) is 11.8 Å². The summed E-state index contributed by atoms with van der Waals surface area (Å²) >= 11 is 0. The maximum absolute atomic E-state index is 16.1. The van der Waals surface area contributed by atoms with E-state index in [2.05, 4.69) is 66.8 Å². The second-order valence-electron chi connectivity index (χ2n) is 20.8. The minimum Gasteiger partial charge on any atom is -0.388 e. The second kappa shape index (κ2) is 20.0. The van der Waals surface area contributed by atoms with E-state index in [1.807, 2.05) is 50.4 Å². The molecule has 3 aliphatic heterocycles. The first-order chi connectivity index (χ1) is 34.6. The third-order valence-corrected chi connectivity index (χ3v) is 16.3. The minimum atomic E-state index is -0.710. The molecule has 4 aromatic heterocycles. The van der Waals surface area contributed by atoms with E-state index in [1.165, 1.54) is 10.6 Å². The van der Waals surface area contributed by atoms with Crippen molar-refractivity contribution in [2.75, 3.05) is 51.6 Å². The van der Waals surface area contributed by atoms with E-state index in [1.54, 1.807) is 41.7 Å². The number of piperidine rings is 1. The fourth-order valence-electron chi connectivity index (χ4n) is 12.1. The Hall–Kier alpha value is -6.78. The first-order valence-corrected chi connectivity index (χ1v) is 25.6. The molecule has 10 rings (SSSR count). The van der Waals surface area contributed by atoms with Gasteiger partial charge in [-0.25, -0.2) is 18.7 Å². The molecule has 0 spiro atoms. The van der Waals surface area contributed by atoms with Crippen molar-refractivity contribution >= 4 is 57.1 Å². The molecule has 2 aromatic carbocycles. The van der Waals surface area contributed by atoms with Crippen LogP contribution in [0.4, 0.5) is 10.1 Å². The van der Waals surface area contributed by atoms with Gasteiger partial charge in [-0.3, -0.25) is 48.0 Å². The van der Waals surface area contributed by atoms with Crippen molar-refractivity contribution < 1.29 is 23.3 Å². The van der Waals surface area contributed by atoms with E-state index < -0.39 is 11.9 Å². The molecule has 0 radical (unpaired) electrons. The zero-order valence-corrected chi connectivity index (χ0v) is 42.3. The van der Waals surface area contributed by atoms with Crippen LogP contribution in [0.5, 0.6) is 0 Å². The molecule has 0 bridgehead atoms. The van der Waals surface area contributed by atoms with Crippen molar-refractivity contribution in [1.29, 1.82) is 0 Å². The van der Waals surface area contributed by atoms with Gasteiger partial charge in [0.05, 0.1) is 29.3 Å². The first kappa shape index (κ1) is 48.8. The number of hydrogen-bond acceptors (Lipinski definition) is 9. The number of imide groups is 1. The predicted molar refractivity (Wildman–Crippen MR) is 279 cm³/mol. The van der Waals surface area contributed by atoms with Crippen LogP contribution >= 0.6 is 0 Å². The number of amides is 2. The van der Waals surface area contributed by atoms with E-state index in [0.717, 1.165) is 109 Å². The summed E-state index contributed by atoms with van der Waals surface area (Å²) in [6.45, 7) is 11.5. The number of fused-ring (bicyclic) bond motifs is 2. The molecular weight excluding hydrogens is 912 g/mol. The number of imidazole rings is 1. The molecule has 2 unspecified atom stereocenters. The maximum Gasteiger partial charge on any atom is 0.329 e. The largest absolute Gasteiger partial charge is 0.388 e. The van der Waals surface area contributed by atoms with Gasteiger partial charge in [0.25, 0.3) is 5.56 Å². The van der Waals surface area contributed by atoms with Crippen LogP contribution in [0, 0.1) is 24.6 Å². The summed E-state index contributed by atoms with van der Waals surface area (Å²) in [6.07, 6.45) is 13.6. The number of aromatic nitrogens is 5. The number of halogens is 1. The average molecular weight is 978 g/mol. The number of hydrogen-bond donors (Lipinski definition) is 2. The number of nitrogens with one attached hydrogen (secondary N) is 2. The summed E-state index contributed by atoms with van der Waals surface area (Å²) < 4.78 is 25.3. The summed E-state index contributed by atoms with van der Waals surface area (Å²) in [7, 11) is 5.52. The number of aryl methyl sites for hydroxylation is 3. The van der Waals surface area contributed by atoms with E-state index in [4.69, 9.17) is 0 Å². The lowest BCUT2D eigenvalue weighted by molar-refractivity contribution is -0.542. The quantitative estimate of drug-likeness (QED) is 0.0758. The van der Waals surface area contributed by atoms with Crippen LogP contribution < -0.4 is 21.9 Å². The van der Waals surface area contributed by atoms with Gasteiger partial charge in [0.1, 0.15) is 17.5 Å². The number of carbonyl (C=O) groups excluding carboxylic acids is 3. The predicted octanol–water partition coefficient (Wildman–Crippen LogP) is 6.91.